The Kier molecular flexibility index (Phi) is 6.49. The molecule has 1 heterocycles. The Morgan fingerprint density at radius 2 is 1.95 bits per heavy atom. The van der Waals surface area contributed by atoms with Crippen LogP contribution in [0.1, 0.15) is 10.4 Å². The first kappa shape index (κ1) is 16.9. The van der Waals surface area contributed by atoms with Gasteiger partial charge in [-0.15, -0.1) is 0 Å². The summed E-state index contributed by atoms with van der Waals surface area (Å²) in [6, 6.07) is 1.15. The van der Waals surface area contributed by atoms with Crippen molar-refractivity contribution in [1.29, 1.82) is 0 Å². The van der Waals surface area contributed by atoms with Crippen LogP contribution in [0.25, 0.3) is 0 Å². The van der Waals surface area contributed by atoms with E-state index in [9.17, 15) is 23.3 Å². The molecule has 6 N–H and O–H groups in total. The number of nitrogens with one attached hydrogen (secondary N) is 2. The van der Waals surface area contributed by atoms with Crippen LogP contribution in [-0.2, 0) is 10.2 Å². The standard InChI is InChI=1S/C7H8N4O3.H4N2O2S/c1-8-10-7(12)5-2-6(11(13)14)4-9-3-5;1-5(2,3)4/h2-4,8H,1H3,(H,10,12);(H4,1,2,3,4). The van der Waals surface area contributed by atoms with Crippen LogP contribution in [0, 0.1) is 10.1 Å². The SMILES string of the molecule is CNNC(=O)c1cncc([N+](=O)[O-])c1.NS(N)(=O)=O. The number of nitrogens with zero attached hydrogens (tertiary/aromatic N) is 2. The lowest BCUT2D eigenvalue weighted by atomic mass is 10.2. The van der Waals surface area contributed by atoms with E-state index in [1.54, 1.807) is 0 Å². The number of nitrogens with two attached hydrogens (primary N) is 2. The zero-order valence-corrected chi connectivity index (χ0v) is 10.5. The smallest absolute Gasteiger partial charge is 0.288 e. The van der Waals surface area contributed by atoms with Crippen LogP contribution in [0.15, 0.2) is 18.5 Å². The largest absolute Gasteiger partial charge is 0.288 e. The van der Waals surface area contributed by atoms with Crippen molar-refractivity contribution >= 4 is 21.8 Å². The minimum atomic E-state index is -3.67. The van der Waals surface area contributed by atoms with Crippen molar-refractivity contribution in [2.45, 2.75) is 0 Å². The summed E-state index contributed by atoms with van der Waals surface area (Å²) >= 11 is 0. The highest BCUT2D eigenvalue weighted by atomic mass is 32.2. The molecule has 0 radical (unpaired) electrons. The molecule has 1 rings (SSSR count). The van der Waals surface area contributed by atoms with Gasteiger partial charge in [0.05, 0.1) is 10.5 Å². The monoisotopic (exact) mass is 292 g/mol. The number of rotatable bonds is 3. The van der Waals surface area contributed by atoms with Crippen LogP contribution >= 0.6 is 0 Å². The average Bonchev–Trinajstić information content (AvgIpc) is 2.27. The van der Waals surface area contributed by atoms with Crippen LogP contribution in [0.4, 0.5) is 5.69 Å². The topological polar surface area (TPSA) is 183 Å². The third-order valence-corrected chi connectivity index (χ3v) is 1.44. The van der Waals surface area contributed by atoms with Gasteiger partial charge < -0.3 is 0 Å². The van der Waals surface area contributed by atoms with Gasteiger partial charge in [0.1, 0.15) is 6.20 Å². The first-order chi connectivity index (χ1) is 8.65. The van der Waals surface area contributed by atoms with E-state index in [4.69, 9.17) is 0 Å². The Bertz CT molecular complexity index is 551. The van der Waals surface area contributed by atoms with Crippen molar-refractivity contribution in [3.05, 3.63) is 34.1 Å². The normalized spacial score (nSPS) is 10.1. The lowest BCUT2D eigenvalue weighted by Crippen LogP contribution is -2.34. The van der Waals surface area contributed by atoms with Gasteiger partial charge in [0.15, 0.2) is 0 Å². The van der Waals surface area contributed by atoms with Gasteiger partial charge >= 0.3 is 0 Å². The Hall–Kier alpha value is -2.15. The third kappa shape index (κ3) is 8.56. The van der Waals surface area contributed by atoms with Crippen molar-refractivity contribution in [1.82, 2.24) is 15.8 Å². The summed E-state index contributed by atoms with van der Waals surface area (Å²) in [4.78, 5) is 24.5. The molecule has 0 aliphatic heterocycles. The molecule has 0 spiro atoms. The van der Waals surface area contributed by atoms with Gasteiger partial charge in [-0.25, -0.2) is 15.7 Å². The summed E-state index contributed by atoms with van der Waals surface area (Å²) in [7, 11) is -2.15. The second-order valence-corrected chi connectivity index (χ2v) is 4.16. The van der Waals surface area contributed by atoms with E-state index in [2.05, 4.69) is 26.1 Å². The minimum Gasteiger partial charge on any atom is -0.288 e. The lowest BCUT2D eigenvalue weighted by Gasteiger charge is -2.01. The molecule has 0 bridgehead atoms. The van der Waals surface area contributed by atoms with Gasteiger partial charge in [0.25, 0.3) is 21.8 Å². The molecule has 11 nitrogen and oxygen atoms in total. The molecule has 0 unspecified atom stereocenters. The summed E-state index contributed by atoms with van der Waals surface area (Å²) in [5.41, 5.74) is 4.61. The fourth-order valence-corrected chi connectivity index (χ4v) is 0.838. The number of hydrazine groups is 1. The maximum atomic E-state index is 11.2. The Labute approximate surface area is 108 Å². The molecule has 0 saturated heterocycles. The van der Waals surface area contributed by atoms with E-state index in [1.807, 2.05) is 0 Å². The molecule has 19 heavy (non-hydrogen) atoms. The number of hydrogen-bond acceptors (Lipinski definition) is 7. The molecular weight excluding hydrogens is 280 g/mol. The van der Waals surface area contributed by atoms with Crippen LogP contribution in [0.2, 0.25) is 0 Å². The van der Waals surface area contributed by atoms with Gasteiger partial charge in [0, 0.05) is 19.3 Å². The van der Waals surface area contributed by atoms with E-state index >= 15 is 0 Å². The molecule has 1 aromatic rings. The summed E-state index contributed by atoms with van der Waals surface area (Å²) < 4.78 is 18.4. The van der Waals surface area contributed by atoms with Crippen molar-refractivity contribution in [2.75, 3.05) is 7.05 Å². The zero-order valence-electron chi connectivity index (χ0n) is 9.73. The molecule has 12 heteroatoms. The molecule has 0 aliphatic rings. The van der Waals surface area contributed by atoms with E-state index in [-0.39, 0.29) is 11.3 Å². The number of carbonyl (C=O) groups is 1. The van der Waals surface area contributed by atoms with E-state index in [0.29, 0.717) is 0 Å². The number of pyridine rings is 1. The molecule has 1 aromatic heterocycles. The van der Waals surface area contributed by atoms with Crippen LogP contribution in [-0.4, -0.2) is 31.3 Å². The Balaban J connectivity index is 0.000000555. The third-order valence-electron chi connectivity index (χ3n) is 1.44. The highest BCUT2D eigenvalue weighted by molar-refractivity contribution is 7.86. The molecule has 1 amide bonds. The second kappa shape index (κ2) is 7.32. The van der Waals surface area contributed by atoms with Gasteiger partial charge in [0.2, 0.25) is 0 Å². The van der Waals surface area contributed by atoms with Gasteiger partial charge in [-0.1, -0.05) is 0 Å². The number of aromatic nitrogens is 1. The molecular formula is C7H12N6O5S. The summed E-state index contributed by atoms with van der Waals surface area (Å²) in [6.45, 7) is 0. The predicted octanol–water partition coefficient (Wildman–Crippen LogP) is -2.00. The van der Waals surface area contributed by atoms with E-state index in [1.165, 1.54) is 13.2 Å². The maximum Gasteiger partial charge on any atom is 0.288 e. The van der Waals surface area contributed by atoms with Gasteiger partial charge in [-0.3, -0.25) is 25.3 Å². The summed E-state index contributed by atoms with van der Waals surface area (Å²) in [6.07, 6.45) is 2.33. The average molecular weight is 292 g/mol. The molecule has 0 fully saturated rings. The van der Waals surface area contributed by atoms with E-state index in [0.717, 1.165) is 12.3 Å². The first-order valence-corrected chi connectivity index (χ1v) is 6.13. The number of carbonyl (C=O) groups excluding carboxylic acids is 1. The first-order valence-electron chi connectivity index (χ1n) is 4.52. The molecule has 0 aliphatic carbocycles. The summed E-state index contributed by atoms with van der Waals surface area (Å²) in [5, 5.41) is 18.6. The predicted molar refractivity (Wildman–Crippen MR) is 64.7 cm³/mol. The van der Waals surface area contributed by atoms with E-state index < -0.39 is 21.0 Å². The fraction of sp³-hybridized carbons (Fsp3) is 0.143. The summed E-state index contributed by atoms with van der Waals surface area (Å²) in [5.74, 6) is -0.469. The highest BCUT2D eigenvalue weighted by Crippen LogP contribution is 2.10. The van der Waals surface area contributed by atoms with Crippen LogP contribution < -0.4 is 21.1 Å². The van der Waals surface area contributed by atoms with Crippen molar-refractivity contribution in [2.24, 2.45) is 10.3 Å². The van der Waals surface area contributed by atoms with Crippen LogP contribution in [0.3, 0.4) is 0 Å². The Morgan fingerprint density at radius 1 is 1.42 bits per heavy atom. The molecule has 0 saturated carbocycles. The van der Waals surface area contributed by atoms with Gasteiger partial charge in [-0.2, -0.15) is 8.42 Å². The quantitative estimate of drug-likeness (QED) is 0.366. The number of hydrogen-bond donors (Lipinski definition) is 4. The van der Waals surface area contributed by atoms with Crippen molar-refractivity contribution in [3.8, 4) is 0 Å². The maximum absolute atomic E-state index is 11.2. The minimum absolute atomic E-state index is 0.133. The van der Waals surface area contributed by atoms with Crippen LogP contribution in [0.5, 0.6) is 0 Å². The number of nitro groups is 1. The molecule has 106 valence electrons. The van der Waals surface area contributed by atoms with Gasteiger partial charge in [-0.05, 0) is 0 Å². The molecule has 0 aromatic carbocycles. The fourth-order valence-electron chi connectivity index (χ4n) is 0.838. The zero-order chi connectivity index (χ0) is 15.1. The highest BCUT2D eigenvalue weighted by Gasteiger charge is 2.11. The van der Waals surface area contributed by atoms with Crippen molar-refractivity contribution in [3.63, 3.8) is 0 Å². The number of amides is 1. The van der Waals surface area contributed by atoms with Crippen molar-refractivity contribution < 1.29 is 18.1 Å². The second-order valence-electron chi connectivity index (χ2n) is 2.98. The molecule has 0 atom stereocenters. The lowest BCUT2D eigenvalue weighted by molar-refractivity contribution is -0.385. The Morgan fingerprint density at radius 3 is 2.37 bits per heavy atom.